The van der Waals surface area contributed by atoms with E-state index in [0.29, 0.717) is 29.7 Å². The maximum atomic E-state index is 12.2. The minimum absolute atomic E-state index is 0.192. The fraction of sp³-hybridized carbons (Fsp3) is 0.294. The van der Waals surface area contributed by atoms with E-state index in [9.17, 15) is 4.79 Å². The van der Waals surface area contributed by atoms with Gasteiger partial charge in [-0.15, -0.1) is 0 Å². The molecule has 0 bridgehead atoms. The molecule has 110 valence electrons. The molecule has 2 aromatic rings. The number of carbonyl (C=O) groups excluding carboxylic acids is 1. The van der Waals surface area contributed by atoms with E-state index in [1.807, 2.05) is 31.2 Å². The van der Waals surface area contributed by atoms with Gasteiger partial charge in [0.05, 0.1) is 6.61 Å². The summed E-state index contributed by atoms with van der Waals surface area (Å²) in [4.78, 5) is 16.3. The van der Waals surface area contributed by atoms with E-state index in [2.05, 4.69) is 24.1 Å². The Morgan fingerprint density at radius 1 is 1.29 bits per heavy atom. The first kappa shape index (κ1) is 15.0. The van der Waals surface area contributed by atoms with Gasteiger partial charge in [0.2, 0.25) is 0 Å². The zero-order valence-corrected chi connectivity index (χ0v) is 12.6. The number of nitrogens with one attached hydrogen (secondary N) is 1. The average molecular weight is 284 g/mol. The molecule has 0 atom stereocenters. The largest absolute Gasteiger partial charge is 0.493 e. The number of pyridine rings is 1. The highest BCUT2D eigenvalue weighted by Gasteiger charge is 2.08. The molecule has 0 saturated heterocycles. The zero-order valence-electron chi connectivity index (χ0n) is 12.6. The fourth-order valence-corrected chi connectivity index (χ4v) is 1.78. The molecule has 1 N–H and O–H groups in total. The molecule has 4 heteroatoms. The number of nitrogens with zero attached hydrogens (tertiary/aromatic N) is 1. The lowest BCUT2D eigenvalue weighted by Crippen LogP contribution is -2.13. The van der Waals surface area contributed by atoms with Crippen molar-refractivity contribution in [2.75, 3.05) is 11.9 Å². The average Bonchev–Trinajstić information content (AvgIpc) is 2.45. The van der Waals surface area contributed by atoms with Crippen LogP contribution < -0.4 is 10.1 Å². The first-order valence-electron chi connectivity index (χ1n) is 7.01. The van der Waals surface area contributed by atoms with Crippen LogP contribution in [0.5, 0.6) is 5.75 Å². The van der Waals surface area contributed by atoms with Crippen LogP contribution in [0.1, 0.15) is 29.8 Å². The molecule has 0 fully saturated rings. The summed E-state index contributed by atoms with van der Waals surface area (Å²) in [6, 6.07) is 10.9. The van der Waals surface area contributed by atoms with Crippen molar-refractivity contribution in [2.24, 2.45) is 5.92 Å². The molecule has 0 radical (unpaired) electrons. The number of ether oxygens (including phenoxy) is 1. The molecule has 1 heterocycles. The van der Waals surface area contributed by atoms with Gasteiger partial charge in [-0.25, -0.2) is 4.98 Å². The number of hydrogen-bond donors (Lipinski definition) is 1. The zero-order chi connectivity index (χ0) is 15.2. The van der Waals surface area contributed by atoms with Crippen LogP contribution in [0.2, 0.25) is 0 Å². The first-order valence-corrected chi connectivity index (χ1v) is 7.01. The Kier molecular flexibility index (Phi) is 4.93. The molecular weight excluding hydrogens is 264 g/mol. The molecule has 2 rings (SSSR count). The normalized spacial score (nSPS) is 10.5. The summed E-state index contributed by atoms with van der Waals surface area (Å²) < 4.78 is 5.63. The van der Waals surface area contributed by atoms with E-state index in [1.54, 1.807) is 18.3 Å². The second-order valence-electron chi connectivity index (χ2n) is 5.41. The fourth-order valence-electron chi connectivity index (χ4n) is 1.78. The quantitative estimate of drug-likeness (QED) is 0.911. The van der Waals surface area contributed by atoms with E-state index in [1.165, 1.54) is 0 Å². The summed E-state index contributed by atoms with van der Waals surface area (Å²) in [7, 11) is 0. The molecule has 0 aliphatic heterocycles. The molecule has 1 amide bonds. The smallest absolute Gasteiger partial charge is 0.256 e. The van der Waals surface area contributed by atoms with Gasteiger partial charge in [-0.1, -0.05) is 19.9 Å². The number of benzene rings is 1. The summed E-state index contributed by atoms with van der Waals surface area (Å²) in [5.74, 6) is 1.50. The molecule has 0 aliphatic carbocycles. The maximum Gasteiger partial charge on any atom is 0.256 e. The molecule has 1 aromatic heterocycles. The van der Waals surface area contributed by atoms with Crippen LogP contribution in [-0.2, 0) is 0 Å². The highest BCUT2D eigenvalue weighted by atomic mass is 16.5. The van der Waals surface area contributed by atoms with Gasteiger partial charge >= 0.3 is 0 Å². The molecule has 1 aromatic carbocycles. The predicted molar refractivity (Wildman–Crippen MR) is 83.7 cm³/mol. The highest BCUT2D eigenvalue weighted by Crippen LogP contribution is 2.16. The molecule has 0 spiro atoms. The van der Waals surface area contributed by atoms with Crippen molar-refractivity contribution in [3.63, 3.8) is 0 Å². The standard InChI is InChI=1S/C17H20N2O2/c1-12(2)11-21-15-6-4-5-14(10-15)17(20)19-16-9-13(3)7-8-18-16/h4-10,12H,11H2,1-3H3,(H,18,19,20). The third-order valence-corrected chi connectivity index (χ3v) is 2.84. The van der Waals surface area contributed by atoms with Crippen molar-refractivity contribution in [3.05, 3.63) is 53.7 Å². The lowest BCUT2D eigenvalue weighted by Gasteiger charge is -2.10. The Morgan fingerprint density at radius 3 is 2.81 bits per heavy atom. The molecule has 0 saturated carbocycles. The van der Waals surface area contributed by atoms with Crippen LogP contribution in [0.15, 0.2) is 42.6 Å². The van der Waals surface area contributed by atoms with Crippen LogP contribution in [0.3, 0.4) is 0 Å². The second kappa shape index (κ2) is 6.88. The highest BCUT2D eigenvalue weighted by molar-refractivity contribution is 6.04. The Bertz CT molecular complexity index is 624. The van der Waals surface area contributed by atoms with E-state index in [0.717, 1.165) is 5.56 Å². The van der Waals surface area contributed by atoms with Crippen molar-refractivity contribution >= 4 is 11.7 Å². The van der Waals surface area contributed by atoms with Crippen LogP contribution in [-0.4, -0.2) is 17.5 Å². The van der Waals surface area contributed by atoms with Crippen molar-refractivity contribution < 1.29 is 9.53 Å². The summed E-state index contributed by atoms with van der Waals surface area (Å²) in [6.07, 6.45) is 1.67. The van der Waals surface area contributed by atoms with Crippen molar-refractivity contribution in [1.29, 1.82) is 0 Å². The lowest BCUT2D eigenvalue weighted by molar-refractivity contribution is 0.102. The topological polar surface area (TPSA) is 51.2 Å². The number of carbonyl (C=O) groups is 1. The third-order valence-electron chi connectivity index (χ3n) is 2.84. The number of rotatable bonds is 5. The number of aromatic nitrogens is 1. The molecule has 21 heavy (non-hydrogen) atoms. The monoisotopic (exact) mass is 284 g/mol. The number of hydrogen-bond acceptors (Lipinski definition) is 3. The van der Waals surface area contributed by atoms with Crippen molar-refractivity contribution in [3.8, 4) is 5.75 Å². The summed E-state index contributed by atoms with van der Waals surface area (Å²) in [5, 5.41) is 2.79. The third kappa shape index (κ3) is 4.60. The van der Waals surface area contributed by atoms with Crippen molar-refractivity contribution in [2.45, 2.75) is 20.8 Å². The van der Waals surface area contributed by atoms with E-state index in [4.69, 9.17) is 4.74 Å². The van der Waals surface area contributed by atoms with E-state index < -0.39 is 0 Å². The Balaban J connectivity index is 2.07. The minimum atomic E-state index is -0.192. The second-order valence-corrected chi connectivity index (χ2v) is 5.41. The van der Waals surface area contributed by atoms with Gasteiger partial charge in [-0.2, -0.15) is 0 Å². The SMILES string of the molecule is Cc1ccnc(NC(=O)c2cccc(OCC(C)C)c2)c1. The first-order chi connectivity index (χ1) is 10.0. The number of anilines is 1. The Hall–Kier alpha value is -2.36. The molecule has 4 nitrogen and oxygen atoms in total. The summed E-state index contributed by atoms with van der Waals surface area (Å²) in [5.41, 5.74) is 1.61. The van der Waals surface area contributed by atoms with Crippen LogP contribution >= 0.6 is 0 Å². The van der Waals surface area contributed by atoms with Gasteiger partial charge in [0, 0.05) is 11.8 Å². The number of amides is 1. The number of aryl methyl sites for hydroxylation is 1. The van der Waals surface area contributed by atoms with E-state index in [-0.39, 0.29) is 5.91 Å². The van der Waals surface area contributed by atoms with Gasteiger partial charge in [0.25, 0.3) is 5.91 Å². The molecule has 0 aliphatic rings. The summed E-state index contributed by atoms with van der Waals surface area (Å²) in [6.45, 7) is 6.75. The van der Waals surface area contributed by atoms with E-state index >= 15 is 0 Å². The van der Waals surface area contributed by atoms with Crippen LogP contribution in [0, 0.1) is 12.8 Å². The Morgan fingerprint density at radius 2 is 2.10 bits per heavy atom. The van der Waals surface area contributed by atoms with Crippen LogP contribution in [0.25, 0.3) is 0 Å². The van der Waals surface area contributed by atoms with Gasteiger partial charge in [-0.3, -0.25) is 4.79 Å². The Labute approximate surface area is 125 Å². The summed E-state index contributed by atoms with van der Waals surface area (Å²) >= 11 is 0. The van der Waals surface area contributed by atoms with Gasteiger partial charge in [-0.05, 0) is 48.7 Å². The van der Waals surface area contributed by atoms with Gasteiger partial charge in [0.1, 0.15) is 11.6 Å². The van der Waals surface area contributed by atoms with Gasteiger partial charge in [0.15, 0.2) is 0 Å². The predicted octanol–water partition coefficient (Wildman–Crippen LogP) is 3.68. The minimum Gasteiger partial charge on any atom is -0.493 e. The maximum absolute atomic E-state index is 12.2. The van der Waals surface area contributed by atoms with Crippen molar-refractivity contribution in [1.82, 2.24) is 4.98 Å². The van der Waals surface area contributed by atoms with Gasteiger partial charge < -0.3 is 10.1 Å². The lowest BCUT2D eigenvalue weighted by atomic mass is 10.2. The molecule has 0 unspecified atom stereocenters. The van der Waals surface area contributed by atoms with Crippen LogP contribution in [0.4, 0.5) is 5.82 Å². The molecular formula is C17H20N2O2.